The number of fused-ring (bicyclic) bond motifs is 1. The Hall–Kier alpha value is -1.46. The maximum Gasteiger partial charge on any atom is 0.261 e. The first-order chi connectivity index (χ1) is 7.25. The number of hydrogen-bond donors (Lipinski definition) is 0. The lowest BCUT2D eigenvalue weighted by molar-refractivity contribution is 0.0633. The van der Waals surface area contributed by atoms with Crippen LogP contribution in [-0.4, -0.2) is 40.4 Å². The minimum absolute atomic E-state index is 0.214. The van der Waals surface area contributed by atoms with Gasteiger partial charge in [-0.3, -0.25) is 14.5 Å². The first kappa shape index (κ1) is 10.1. The van der Waals surface area contributed by atoms with Gasteiger partial charge >= 0.3 is 0 Å². The summed E-state index contributed by atoms with van der Waals surface area (Å²) in [7, 11) is 0.619. The lowest BCUT2D eigenvalue weighted by atomic mass is 10.1. The van der Waals surface area contributed by atoms with Gasteiger partial charge in [0.15, 0.2) is 0 Å². The Morgan fingerprint density at radius 1 is 1.13 bits per heavy atom. The predicted molar refractivity (Wildman–Crippen MR) is 57.7 cm³/mol. The summed E-state index contributed by atoms with van der Waals surface area (Å²) in [5, 5.41) is 0. The Balaban J connectivity index is 2.29. The van der Waals surface area contributed by atoms with Crippen LogP contribution < -0.4 is 0 Å². The maximum absolute atomic E-state index is 11.8. The van der Waals surface area contributed by atoms with Gasteiger partial charge in [0.2, 0.25) is 0 Å². The van der Waals surface area contributed by atoms with Crippen molar-refractivity contribution in [1.82, 2.24) is 4.90 Å². The van der Waals surface area contributed by atoms with E-state index in [1.165, 1.54) is 4.90 Å². The summed E-state index contributed by atoms with van der Waals surface area (Å²) in [6.07, 6.45) is 0. The minimum atomic E-state index is -0.214. The fourth-order valence-electron chi connectivity index (χ4n) is 1.62. The summed E-state index contributed by atoms with van der Waals surface area (Å²) in [5.41, 5.74) is 0.992. The highest BCUT2D eigenvalue weighted by Crippen LogP contribution is 2.21. The van der Waals surface area contributed by atoms with E-state index in [1.54, 1.807) is 24.3 Å². The Morgan fingerprint density at radius 2 is 1.67 bits per heavy atom. The minimum Gasteiger partial charge on any atom is -0.426 e. The van der Waals surface area contributed by atoms with Gasteiger partial charge in [-0.25, -0.2) is 0 Å². The second kappa shape index (κ2) is 3.96. The van der Waals surface area contributed by atoms with E-state index in [1.807, 2.05) is 0 Å². The van der Waals surface area contributed by atoms with Crippen LogP contribution in [0.4, 0.5) is 0 Å². The summed E-state index contributed by atoms with van der Waals surface area (Å²) in [5.74, 6) is -0.427. The highest BCUT2D eigenvalue weighted by atomic mass is 28.2. The van der Waals surface area contributed by atoms with Gasteiger partial charge in [-0.05, 0) is 12.1 Å². The van der Waals surface area contributed by atoms with Crippen molar-refractivity contribution < 1.29 is 14.0 Å². The summed E-state index contributed by atoms with van der Waals surface area (Å²) in [4.78, 5) is 24.8. The summed E-state index contributed by atoms with van der Waals surface area (Å²) in [6.45, 7) is 0.771. The summed E-state index contributed by atoms with van der Waals surface area (Å²) >= 11 is 0. The standard InChI is InChI=1S/C10H11NO3Si/c12-9-7-3-1-2-4-8(7)10(13)11(9)5-6-14-15/h1-4H,5-6H2,15H3. The molecule has 0 N–H and O–H groups in total. The number of benzene rings is 1. The fraction of sp³-hybridized carbons (Fsp3) is 0.200. The molecule has 0 saturated heterocycles. The lowest BCUT2D eigenvalue weighted by Crippen LogP contribution is -2.32. The van der Waals surface area contributed by atoms with Gasteiger partial charge in [0, 0.05) is 0 Å². The molecule has 5 heteroatoms. The Labute approximate surface area is 90.4 Å². The molecule has 0 saturated carbocycles. The number of rotatable bonds is 3. The third kappa shape index (κ3) is 1.60. The first-order valence-corrected chi connectivity index (χ1v) is 5.51. The zero-order valence-electron chi connectivity index (χ0n) is 8.40. The topological polar surface area (TPSA) is 46.6 Å². The van der Waals surface area contributed by atoms with Gasteiger partial charge in [0.05, 0.1) is 24.3 Å². The monoisotopic (exact) mass is 221 g/mol. The number of carbonyl (C=O) groups is 2. The van der Waals surface area contributed by atoms with Crippen molar-refractivity contribution in [3.05, 3.63) is 35.4 Å². The van der Waals surface area contributed by atoms with Crippen LogP contribution >= 0.6 is 0 Å². The number of amides is 2. The molecule has 0 spiro atoms. The molecule has 0 aliphatic carbocycles. The molecule has 0 bridgehead atoms. The summed E-state index contributed by atoms with van der Waals surface area (Å²) < 4.78 is 4.99. The van der Waals surface area contributed by atoms with Gasteiger partial charge in [-0.2, -0.15) is 0 Å². The largest absolute Gasteiger partial charge is 0.426 e. The second-order valence-electron chi connectivity index (χ2n) is 3.30. The molecule has 0 atom stereocenters. The molecule has 0 aromatic heterocycles. The van der Waals surface area contributed by atoms with E-state index >= 15 is 0 Å². The quantitative estimate of drug-likeness (QED) is 0.514. The van der Waals surface area contributed by atoms with E-state index in [4.69, 9.17) is 4.43 Å². The van der Waals surface area contributed by atoms with Crippen molar-refractivity contribution in [2.24, 2.45) is 0 Å². The zero-order valence-corrected chi connectivity index (χ0v) is 10.4. The van der Waals surface area contributed by atoms with Gasteiger partial charge < -0.3 is 4.43 Å². The van der Waals surface area contributed by atoms with E-state index in [9.17, 15) is 9.59 Å². The smallest absolute Gasteiger partial charge is 0.261 e. The van der Waals surface area contributed by atoms with Gasteiger partial charge in [-0.1, -0.05) is 12.1 Å². The van der Waals surface area contributed by atoms with Crippen LogP contribution in [0.3, 0.4) is 0 Å². The van der Waals surface area contributed by atoms with E-state index in [2.05, 4.69) is 0 Å². The fourth-order valence-corrected chi connectivity index (χ4v) is 1.81. The number of carbonyl (C=O) groups excluding carboxylic acids is 2. The molecule has 2 rings (SSSR count). The van der Waals surface area contributed by atoms with Crippen molar-refractivity contribution in [2.45, 2.75) is 0 Å². The van der Waals surface area contributed by atoms with Crippen molar-refractivity contribution >= 4 is 22.3 Å². The molecule has 78 valence electrons. The molecule has 1 aromatic rings. The van der Waals surface area contributed by atoms with Crippen molar-refractivity contribution in [3.63, 3.8) is 0 Å². The van der Waals surface area contributed by atoms with Gasteiger partial charge in [0.1, 0.15) is 10.5 Å². The molecular weight excluding hydrogens is 210 g/mol. The molecule has 1 aliphatic heterocycles. The third-order valence-corrected chi connectivity index (χ3v) is 2.81. The molecule has 1 aromatic carbocycles. The van der Waals surface area contributed by atoms with Crippen LogP contribution in [0.25, 0.3) is 0 Å². The number of nitrogens with zero attached hydrogens (tertiary/aromatic N) is 1. The number of hydrogen-bond acceptors (Lipinski definition) is 3. The van der Waals surface area contributed by atoms with Gasteiger partial charge in [-0.15, -0.1) is 0 Å². The molecule has 2 amide bonds. The van der Waals surface area contributed by atoms with Gasteiger partial charge in [0.25, 0.3) is 11.8 Å². The highest BCUT2D eigenvalue weighted by molar-refractivity contribution is 6.21. The van der Waals surface area contributed by atoms with Crippen LogP contribution in [0.5, 0.6) is 0 Å². The molecular formula is C10H11NO3Si. The average molecular weight is 221 g/mol. The molecule has 1 heterocycles. The molecule has 15 heavy (non-hydrogen) atoms. The van der Waals surface area contributed by atoms with Crippen LogP contribution in [0.2, 0.25) is 0 Å². The highest BCUT2D eigenvalue weighted by Gasteiger charge is 2.34. The lowest BCUT2D eigenvalue weighted by Gasteiger charge is -2.12. The predicted octanol–water partition coefficient (Wildman–Crippen LogP) is -0.420. The summed E-state index contributed by atoms with van der Waals surface area (Å²) in [6, 6.07) is 6.88. The molecule has 0 radical (unpaired) electrons. The van der Waals surface area contributed by atoms with E-state index in [0.717, 1.165) is 0 Å². The first-order valence-electron chi connectivity index (χ1n) is 4.70. The van der Waals surface area contributed by atoms with Crippen LogP contribution in [0.1, 0.15) is 20.7 Å². The third-order valence-electron chi connectivity index (χ3n) is 2.40. The average Bonchev–Trinajstić information content (AvgIpc) is 2.51. The van der Waals surface area contributed by atoms with Crippen LogP contribution in [0, 0.1) is 0 Å². The molecule has 4 nitrogen and oxygen atoms in total. The maximum atomic E-state index is 11.8. The van der Waals surface area contributed by atoms with Crippen molar-refractivity contribution in [2.75, 3.05) is 13.2 Å². The Kier molecular flexibility index (Phi) is 2.66. The normalized spacial score (nSPS) is 14.8. The van der Waals surface area contributed by atoms with Crippen molar-refractivity contribution in [1.29, 1.82) is 0 Å². The molecule has 0 fully saturated rings. The number of imide groups is 1. The van der Waals surface area contributed by atoms with Crippen LogP contribution in [-0.2, 0) is 4.43 Å². The Bertz CT molecular complexity index is 384. The van der Waals surface area contributed by atoms with E-state index in [0.29, 0.717) is 34.8 Å². The van der Waals surface area contributed by atoms with Crippen LogP contribution in [0.15, 0.2) is 24.3 Å². The second-order valence-corrected chi connectivity index (χ2v) is 3.88. The van der Waals surface area contributed by atoms with E-state index in [-0.39, 0.29) is 11.8 Å². The Morgan fingerprint density at radius 3 is 2.13 bits per heavy atom. The SMILES string of the molecule is O=C1c2ccccc2C(=O)N1CCO[SiH3]. The van der Waals surface area contributed by atoms with E-state index < -0.39 is 0 Å². The molecule has 1 aliphatic rings. The zero-order chi connectivity index (χ0) is 10.8. The molecule has 0 unspecified atom stereocenters. The van der Waals surface area contributed by atoms with Crippen molar-refractivity contribution in [3.8, 4) is 0 Å².